The monoisotopic (exact) mass is 139 g/mol. The number of carbonyl (C=O) groups excluding carboxylic acids is 1. The Morgan fingerprint density at radius 2 is 1.60 bits per heavy atom. The van der Waals surface area contributed by atoms with Gasteiger partial charge >= 0.3 is 0 Å². The molecule has 1 radical (unpaired) electrons. The maximum atomic E-state index is 10.8. The molecule has 0 atom stereocenters. The van der Waals surface area contributed by atoms with Gasteiger partial charge in [0.25, 0.3) is 0 Å². The minimum Gasteiger partial charge on any atom is -0.299 e. The molecule has 0 spiro atoms. The molecule has 1 aliphatic carbocycles. The minimum atomic E-state index is 0.155. The molecule has 1 rings (SSSR count). The van der Waals surface area contributed by atoms with Gasteiger partial charge in [0.1, 0.15) is 5.78 Å². The molecule has 0 aliphatic heterocycles. The quantitative estimate of drug-likeness (QED) is 0.510. The van der Waals surface area contributed by atoms with Crippen molar-refractivity contribution in [1.29, 1.82) is 0 Å². The Hall–Kier alpha value is -0.330. The zero-order valence-electron chi connectivity index (χ0n) is 6.44. The van der Waals surface area contributed by atoms with Crippen LogP contribution in [-0.2, 0) is 4.79 Å². The first kappa shape index (κ1) is 7.77. The molecule has 0 aromatic heterocycles. The Morgan fingerprint density at radius 1 is 1.10 bits per heavy atom. The van der Waals surface area contributed by atoms with E-state index in [0.717, 1.165) is 12.8 Å². The molecule has 1 nitrogen and oxygen atoms in total. The van der Waals surface area contributed by atoms with Crippen LogP contribution in [0, 0.1) is 12.8 Å². The van der Waals surface area contributed by atoms with Crippen molar-refractivity contribution in [1.82, 2.24) is 0 Å². The second-order valence-electron chi connectivity index (χ2n) is 3.15. The minimum absolute atomic E-state index is 0.155. The van der Waals surface area contributed by atoms with Gasteiger partial charge in [-0.1, -0.05) is 25.7 Å². The van der Waals surface area contributed by atoms with Crippen LogP contribution >= 0.6 is 0 Å². The van der Waals surface area contributed by atoms with E-state index in [0.29, 0.717) is 5.92 Å². The molecule has 0 aromatic rings. The predicted molar refractivity (Wildman–Crippen MR) is 41.6 cm³/mol. The van der Waals surface area contributed by atoms with Gasteiger partial charge in [-0.05, 0) is 12.8 Å². The normalized spacial score (nSPS) is 22.1. The first-order chi connectivity index (χ1) is 4.80. The van der Waals surface area contributed by atoms with Crippen LogP contribution in [0.3, 0.4) is 0 Å². The van der Waals surface area contributed by atoms with E-state index in [1.54, 1.807) is 0 Å². The van der Waals surface area contributed by atoms with Crippen LogP contribution in [0.4, 0.5) is 0 Å². The van der Waals surface area contributed by atoms with Crippen LogP contribution in [0.1, 0.15) is 38.5 Å². The third-order valence-corrected chi connectivity index (χ3v) is 2.31. The van der Waals surface area contributed by atoms with Crippen molar-refractivity contribution in [2.24, 2.45) is 5.92 Å². The van der Waals surface area contributed by atoms with Crippen molar-refractivity contribution in [2.45, 2.75) is 38.5 Å². The van der Waals surface area contributed by atoms with Crippen molar-refractivity contribution in [3.05, 3.63) is 6.92 Å². The van der Waals surface area contributed by atoms with Crippen molar-refractivity contribution >= 4 is 5.78 Å². The number of hydrogen-bond acceptors (Lipinski definition) is 1. The summed E-state index contributed by atoms with van der Waals surface area (Å²) in [6.45, 7) is 3.46. The molecular weight excluding hydrogens is 124 g/mol. The second-order valence-corrected chi connectivity index (χ2v) is 3.15. The number of Topliss-reactive ketones (excluding diaryl/α,β-unsaturated/α-hetero) is 1. The standard InChI is InChI=1S/C9H15O/c1-8(10)9-6-4-2-3-5-7-9/h9H,1-7H2. The Morgan fingerprint density at radius 3 is 2.00 bits per heavy atom. The molecule has 0 N–H and O–H groups in total. The highest BCUT2D eigenvalue weighted by Gasteiger charge is 2.15. The van der Waals surface area contributed by atoms with Crippen molar-refractivity contribution in [3.8, 4) is 0 Å². The molecule has 10 heavy (non-hydrogen) atoms. The van der Waals surface area contributed by atoms with E-state index in [-0.39, 0.29) is 5.78 Å². The molecule has 1 heteroatoms. The van der Waals surface area contributed by atoms with Gasteiger partial charge in [0.15, 0.2) is 0 Å². The fourth-order valence-corrected chi connectivity index (χ4v) is 1.60. The lowest BCUT2D eigenvalue weighted by Crippen LogP contribution is -2.09. The number of carbonyl (C=O) groups is 1. The van der Waals surface area contributed by atoms with Gasteiger partial charge in [0.2, 0.25) is 0 Å². The van der Waals surface area contributed by atoms with Gasteiger partial charge in [-0.2, -0.15) is 0 Å². The summed E-state index contributed by atoms with van der Waals surface area (Å²) in [7, 11) is 0. The smallest absolute Gasteiger partial charge is 0.136 e. The summed E-state index contributed by atoms with van der Waals surface area (Å²) in [5.41, 5.74) is 0. The maximum absolute atomic E-state index is 10.8. The number of rotatable bonds is 1. The van der Waals surface area contributed by atoms with E-state index < -0.39 is 0 Å². The van der Waals surface area contributed by atoms with Gasteiger partial charge in [0.05, 0.1) is 0 Å². The first-order valence-corrected chi connectivity index (χ1v) is 4.16. The maximum Gasteiger partial charge on any atom is 0.136 e. The predicted octanol–water partition coefficient (Wildman–Crippen LogP) is 2.36. The van der Waals surface area contributed by atoms with Crippen molar-refractivity contribution < 1.29 is 4.79 Å². The number of hydrogen-bond donors (Lipinski definition) is 0. The molecule has 0 aromatic carbocycles. The highest BCUT2D eigenvalue weighted by atomic mass is 16.1. The average Bonchev–Trinajstić information content (AvgIpc) is 2.12. The van der Waals surface area contributed by atoms with Crippen LogP contribution in [-0.4, -0.2) is 5.78 Å². The highest BCUT2D eigenvalue weighted by Crippen LogP contribution is 2.22. The molecule has 0 amide bonds. The van der Waals surface area contributed by atoms with E-state index in [9.17, 15) is 4.79 Å². The van der Waals surface area contributed by atoms with Gasteiger partial charge in [-0.15, -0.1) is 0 Å². The summed E-state index contributed by atoms with van der Waals surface area (Å²) in [6, 6.07) is 0. The van der Waals surface area contributed by atoms with Crippen molar-refractivity contribution in [3.63, 3.8) is 0 Å². The second kappa shape index (κ2) is 3.75. The van der Waals surface area contributed by atoms with Crippen LogP contribution in [0.2, 0.25) is 0 Å². The molecule has 0 saturated heterocycles. The van der Waals surface area contributed by atoms with E-state index in [4.69, 9.17) is 0 Å². The van der Waals surface area contributed by atoms with Crippen LogP contribution in [0.5, 0.6) is 0 Å². The molecule has 1 aliphatic rings. The summed E-state index contributed by atoms with van der Waals surface area (Å²) < 4.78 is 0. The Kier molecular flexibility index (Phi) is 2.91. The van der Waals surface area contributed by atoms with Gasteiger partial charge in [-0.25, -0.2) is 0 Å². The van der Waals surface area contributed by atoms with Crippen LogP contribution in [0.15, 0.2) is 0 Å². The lowest BCUT2D eigenvalue weighted by atomic mass is 9.97. The third kappa shape index (κ3) is 2.13. The summed E-state index contributed by atoms with van der Waals surface area (Å²) in [6.07, 6.45) is 7.25. The highest BCUT2D eigenvalue weighted by molar-refractivity contribution is 5.84. The molecule has 0 bridgehead atoms. The van der Waals surface area contributed by atoms with Gasteiger partial charge in [-0.3, -0.25) is 4.79 Å². The Bertz CT molecular complexity index is 110. The van der Waals surface area contributed by atoms with E-state index >= 15 is 0 Å². The van der Waals surface area contributed by atoms with Crippen molar-refractivity contribution in [2.75, 3.05) is 0 Å². The molecule has 1 fully saturated rings. The van der Waals surface area contributed by atoms with E-state index in [1.165, 1.54) is 25.7 Å². The van der Waals surface area contributed by atoms with E-state index in [2.05, 4.69) is 6.92 Å². The summed E-state index contributed by atoms with van der Waals surface area (Å²) >= 11 is 0. The summed E-state index contributed by atoms with van der Waals surface area (Å²) in [5, 5.41) is 0. The Labute approximate surface area is 62.8 Å². The molecular formula is C9H15O. The van der Waals surface area contributed by atoms with E-state index in [1.807, 2.05) is 0 Å². The largest absolute Gasteiger partial charge is 0.299 e. The zero-order valence-corrected chi connectivity index (χ0v) is 6.44. The molecule has 0 heterocycles. The van der Waals surface area contributed by atoms with Crippen LogP contribution in [0.25, 0.3) is 0 Å². The number of ketones is 1. The SMILES string of the molecule is [CH2]C(=O)C1CCCCCC1. The summed E-state index contributed by atoms with van der Waals surface area (Å²) in [5.74, 6) is 0.449. The zero-order chi connectivity index (χ0) is 7.40. The third-order valence-electron chi connectivity index (χ3n) is 2.31. The fraction of sp³-hybridized carbons (Fsp3) is 0.778. The first-order valence-electron chi connectivity index (χ1n) is 4.16. The fourth-order valence-electron chi connectivity index (χ4n) is 1.60. The molecule has 57 valence electrons. The van der Waals surface area contributed by atoms with Crippen LogP contribution < -0.4 is 0 Å². The Balaban J connectivity index is 2.35. The topological polar surface area (TPSA) is 17.1 Å². The molecule has 0 unspecified atom stereocenters. The molecule has 1 saturated carbocycles. The van der Waals surface area contributed by atoms with Gasteiger partial charge in [0, 0.05) is 12.8 Å². The lowest BCUT2D eigenvalue weighted by Gasteiger charge is -2.07. The average molecular weight is 139 g/mol. The lowest BCUT2D eigenvalue weighted by molar-refractivity contribution is -0.118. The van der Waals surface area contributed by atoms with Gasteiger partial charge < -0.3 is 0 Å². The summed E-state index contributed by atoms with van der Waals surface area (Å²) in [4.78, 5) is 10.8.